The maximum atomic E-state index is 4.67. The van der Waals surface area contributed by atoms with E-state index >= 15 is 0 Å². The molecule has 1 aliphatic carbocycles. The first-order valence-electron chi connectivity index (χ1n) is 10.1. The van der Waals surface area contributed by atoms with E-state index in [1.54, 1.807) is 0 Å². The summed E-state index contributed by atoms with van der Waals surface area (Å²) in [5.74, 6) is 2.51. The summed E-state index contributed by atoms with van der Waals surface area (Å²) in [5, 5.41) is 8.09. The van der Waals surface area contributed by atoms with E-state index in [9.17, 15) is 0 Å². The van der Waals surface area contributed by atoms with Crippen molar-refractivity contribution in [3.63, 3.8) is 0 Å². The zero-order chi connectivity index (χ0) is 19.0. The van der Waals surface area contributed by atoms with Gasteiger partial charge in [0.2, 0.25) is 5.95 Å². The zero-order valence-electron chi connectivity index (χ0n) is 16.8. The molecule has 2 aromatic heterocycles. The lowest BCUT2D eigenvalue weighted by molar-refractivity contribution is 0.629. The van der Waals surface area contributed by atoms with Crippen LogP contribution in [0.25, 0.3) is 5.65 Å². The summed E-state index contributed by atoms with van der Waals surface area (Å²) in [5.41, 5.74) is 6.94. The van der Waals surface area contributed by atoms with E-state index in [1.165, 1.54) is 54.4 Å². The second-order valence-corrected chi connectivity index (χ2v) is 8.09. The van der Waals surface area contributed by atoms with E-state index in [0.717, 1.165) is 35.4 Å². The molecule has 1 N–H and O–H groups in total. The average Bonchev–Trinajstić information content (AvgIpc) is 3.34. The molecular formula is C22H29N5. The van der Waals surface area contributed by atoms with Crippen molar-refractivity contribution < 1.29 is 0 Å². The number of fused-ring (bicyclic) bond motifs is 1. The Bertz CT molecular complexity index is 945. The molecule has 142 valence electrons. The summed E-state index contributed by atoms with van der Waals surface area (Å²) in [6.07, 6.45) is 9.77. The third-order valence-corrected chi connectivity index (χ3v) is 5.47. The van der Waals surface area contributed by atoms with E-state index < -0.39 is 0 Å². The number of nitrogens with one attached hydrogen (secondary N) is 1. The number of rotatable bonds is 7. The summed E-state index contributed by atoms with van der Waals surface area (Å²) in [6, 6.07) is 4.38. The van der Waals surface area contributed by atoms with Crippen LogP contribution in [0.15, 0.2) is 18.3 Å². The van der Waals surface area contributed by atoms with Gasteiger partial charge in [0, 0.05) is 11.3 Å². The molecule has 0 saturated heterocycles. The molecule has 1 aromatic carbocycles. The van der Waals surface area contributed by atoms with Gasteiger partial charge in [0.05, 0.1) is 6.20 Å². The van der Waals surface area contributed by atoms with Crippen LogP contribution < -0.4 is 5.32 Å². The third-order valence-electron chi connectivity index (χ3n) is 5.47. The Kier molecular flexibility index (Phi) is 4.85. The predicted molar refractivity (Wildman–Crippen MR) is 110 cm³/mol. The molecule has 0 bridgehead atoms. The molecule has 0 unspecified atom stereocenters. The van der Waals surface area contributed by atoms with Crippen LogP contribution >= 0.6 is 0 Å². The van der Waals surface area contributed by atoms with Crippen molar-refractivity contribution in [2.75, 3.05) is 5.32 Å². The summed E-state index contributed by atoms with van der Waals surface area (Å²) >= 11 is 0. The number of aryl methyl sites for hydroxylation is 5. The van der Waals surface area contributed by atoms with E-state index in [1.807, 2.05) is 17.6 Å². The minimum Gasteiger partial charge on any atom is -0.324 e. The SMILES string of the molecule is Cc1cc(C)c(Nc2nc(C)nc3c(CCCCC4CC4)cnn23)c(C)c1. The van der Waals surface area contributed by atoms with Gasteiger partial charge in [-0.2, -0.15) is 14.6 Å². The molecule has 27 heavy (non-hydrogen) atoms. The monoisotopic (exact) mass is 363 g/mol. The maximum absolute atomic E-state index is 4.67. The van der Waals surface area contributed by atoms with E-state index in [4.69, 9.17) is 0 Å². The van der Waals surface area contributed by atoms with Gasteiger partial charge in [-0.15, -0.1) is 0 Å². The largest absolute Gasteiger partial charge is 0.324 e. The molecule has 0 aliphatic heterocycles. The van der Waals surface area contributed by atoms with Crippen LogP contribution in [-0.2, 0) is 6.42 Å². The molecule has 5 nitrogen and oxygen atoms in total. The highest BCUT2D eigenvalue weighted by Crippen LogP contribution is 2.34. The molecule has 0 amide bonds. The maximum Gasteiger partial charge on any atom is 0.232 e. The number of benzene rings is 1. The van der Waals surface area contributed by atoms with Crippen LogP contribution in [0.1, 0.15) is 60.2 Å². The van der Waals surface area contributed by atoms with Crippen LogP contribution in [-0.4, -0.2) is 19.6 Å². The minimum atomic E-state index is 0.733. The number of unbranched alkanes of at least 4 members (excludes halogenated alkanes) is 1. The van der Waals surface area contributed by atoms with Gasteiger partial charge in [-0.3, -0.25) is 0 Å². The van der Waals surface area contributed by atoms with Crippen molar-refractivity contribution in [3.05, 3.63) is 46.4 Å². The molecule has 0 atom stereocenters. The predicted octanol–water partition coefficient (Wildman–Crippen LogP) is 5.22. The molecule has 1 aliphatic rings. The van der Waals surface area contributed by atoms with E-state index in [-0.39, 0.29) is 0 Å². The lowest BCUT2D eigenvalue weighted by atomic mass is 10.1. The van der Waals surface area contributed by atoms with Crippen LogP contribution in [0.4, 0.5) is 11.6 Å². The fourth-order valence-corrected chi connectivity index (χ4v) is 3.93. The van der Waals surface area contributed by atoms with Gasteiger partial charge >= 0.3 is 0 Å². The highest BCUT2D eigenvalue weighted by atomic mass is 15.3. The second-order valence-electron chi connectivity index (χ2n) is 8.09. The minimum absolute atomic E-state index is 0.733. The van der Waals surface area contributed by atoms with Crippen LogP contribution in [0.3, 0.4) is 0 Å². The average molecular weight is 364 g/mol. The van der Waals surface area contributed by atoms with Crippen molar-refractivity contribution in [2.24, 2.45) is 5.92 Å². The Morgan fingerprint density at radius 3 is 2.48 bits per heavy atom. The molecule has 4 rings (SSSR count). The molecule has 0 spiro atoms. The van der Waals surface area contributed by atoms with Crippen LogP contribution in [0, 0.1) is 33.6 Å². The summed E-state index contributed by atoms with van der Waals surface area (Å²) in [6.45, 7) is 8.33. The fourth-order valence-electron chi connectivity index (χ4n) is 3.93. The van der Waals surface area contributed by atoms with Crippen molar-refractivity contribution in [1.82, 2.24) is 19.6 Å². The number of aromatic nitrogens is 4. The van der Waals surface area contributed by atoms with Crippen molar-refractivity contribution in [1.29, 1.82) is 0 Å². The van der Waals surface area contributed by atoms with Gasteiger partial charge in [0.15, 0.2) is 5.65 Å². The highest BCUT2D eigenvalue weighted by Gasteiger charge is 2.20. The molecule has 3 aromatic rings. The summed E-state index contributed by atoms with van der Waals surface area (Å²) in [7, 11) is 0. The molecule has 1 fully saturated rings. The quantitative estimate of drug-likeness (QED) is 0.584. The van der Waals surface area contributed by atoms with Gasteiger partial charge < -0.3 is 5.32 Å². The lowest BCUT2D eigenvalue weighted by Crippen LogP contribution is -2.08. The van der Waals surface area contributed by atoms with Crippen molar-refractivity contribution >= 4 is 17.3 Å². The topological polar surface area (TPSA) is 55.1 Å². The molecule has 1 saturated carbocycles. The number of hydrogen-bond donors (Lipinski definition) is 1. The third kappa shape index (κ3) is 3.97. The van der Waals surface area contributed by atoms with Crippen LogP contribution in [0.5, 0.6) is 0 Å². The summed E-state index contributed by atoms with van der Waals surface area (Å²) < 4.78 is 1.85. The first-order chi connectivity index (χ1) is 13.0. The molecule has 0 radical (unpaired) electrons. The van der Waals surface area contributed by atoms with Crippen LogP contribution in [0.2, 0.25) is 0 Å². The Labute approximate surface area is 161 Å². The van der Waals surface area contributed by atoms with Gasteiger partial charge in [0.1, 0.15) is 5.82 Å². The lowest BCUT2D eigenvalue weighted by Gasteiger charge is -2.14. The Morgan fingerprint density at radius 2 is 1.78 bits per heavy atom. The van der Waals surface area contributed by atoms with Gasteiger partial charge in [0.25, 0.3) is 0 Å². The van der Waals surface area contributed by atoms with Crippen molar-refractivity contribution in [3.8, 4) is 0 Å². The fraction of sp³-hybridized carbons (Fsp3) is 0.500. The smallest absolute Gasteiger partial charge is 0.232 e. The number of anilines is 2. The Balaban J connectivity index is 1.59. The van der Waals surface area contributed by atoms with Gasteiger partial charge in [-0.05, 0) is 57.6 Å². The Morgan fingerprint density at radius 1 is 1.04 bits per heavy atom. The number of hydrogen-bond acceptors (Lipinski definition) is 4. The van der Waals surface area contributed by atoms with Crippen molar-refractivity contribution in [2.45, 2.75) is 66.2 Å². The molecular weight excluding hydrogens is 334 g/mol. The first-order valence-corrected chi connectivity index (χ1v) is 10.1. The highest BCUT2D eigenvalue weighted by molar-refractivity contribution is 5.65. The standard InChI is InChI=1S/C22H29N5/c1-14-11-15(2)20(16(3)12-14)26-22-25-17(4)24-21-19(13-23-27(21)22)8-6-5-7-18-9-10-18/h11-13,18H,5-10H2,1-4H3,(H,24,25,26). The molecule has 5 heteroatoms. The first kappa shape index (κ1) is 18.0. The summed E-state index contributed by atoms with van der Waals surface area (Å²) in [4.78, 5) is 9.29. The van der Waals surface area contributed by atoms with Gasteiger partial charge in [-0.25, -0.2) is 4.98 Å². The van der Waals surface area contributed by atoms with Gasteiger partial charge in [-0.1, -0.05) is 43.4 Å². The van der Waals surface area contributed by atoms with E-state index in [2.05, 4.69) is 53.3 Å². The zero-order valence-corrected chi connectivity index (χ0v) is 16.8. The number of nitrogens with zero attached hydrogens (tertiary/aromatic N) is 4. The Hall–Kier alpha value is -2.43. The molecule has 2 heterocycles. The van der Waals surface area contributed by atoms with E-state index in [0.29, 0.717) is 0 Å². The normalized spacial score (nSPS) is 14.1. The second kappa shape index (κ2) is 7.29.